The van der Waals surface area contributed by atoms with Crippen LogP contribution in [0.5, 0.6) is 0 Å². The molecule has 2 heterocycles. The first kappa shape index (κ1) is 12.2. The van der Waals surface area contributed by atoms with E-state index in [1.807, 2.05) is 17.6 Å². The molecule has 0 saturated heterocycles. The molecule has 0 radical (unpaired) electrons. The average molecular weight is 253 g/mol. The maximum Gasteiger partial charge on any atom is 0.152 e. The van der Waals surface area contributed by atoms with Crippen molar-refractivity contribution in [1.29, 1.82) is 0 Å². The van der Waals surface area contributed by atoms with E-state index in [0.29, 0.717) is 11.8 Å². The Morgan fingerprint density at radius 3 is 2.82 bits per heavy atom. The van der Waals surface area contributed by atoms with Crippen molar-refractivity contribution < 1.29 is 0 Å². The minimum Gasteiger partial charge on any atom is -0.365 e. The molecule has 0 saturated carbocycles. The van der Waals surface area contributed by atoms with Crippen LogP contribution in [0.1, 0.15) is 32.4 Å². The standard InChI is InChI=1S/C12H17ClN4/c1-8(2)10-6-11-12(15-9(3)7-13)14-4-5-17(11)16-10/h4-6,8-9H,7H2,1-3H3,(H,14,15). The van der Waals surface area contributed by atoms with Gasteiger partial charge in [-0.05, 0) is 18.9 Å². The van der Waals surface area contributed by atoms with Crippen LogP contribution in [-0.2, 0) is 0 Å². The quantitative estimate of drug-likeness (QED) is 0.851. The minimum absolute atomic E-state index is 0.188. The molecule has 4 nitrogen and oxygen atoms in total. The van der Waals surface area contributed by atoms with E-state index >= 15 is 0 Å². The molecule has 2 aromatic rings. The number of rotatable bonds is 4. The largest absolute Gasteiger partial charge is 0.365 e. The van der Waals surface area contributed by atoms with Crippen molar-refractivity contribution in [2.24, 2.45) is 0 Å². The molecule has 0 fully saturated rings. The molecule has 0 aliphatic carbocycles. The summed E-state index contributed by atoms with van der Waals surface area (Å²) in [6, 6.07) is 2.26. The number of anilines is 1. The highest BCUT2D eigenvalue weighted by Crippen LogP contribution is 2.20. The first-order valence-corrected chi connectivity index (χ1v) is 6.32. The van der Waals surface area contributed by atoms with Gasteiger partial charge in [0.15, 0.2) is 5.82 Å². The summed E-state index contributed by atoms with van der Waals surface area (Å²) in [5.41, 5.74) is 2.06. The molecule has 1 N–H and O–H groups in total. The van der Waals surface area contributed by atoms with Gasteiger partial charge in [-0.25, -0.2) is 9.50 Å². The molecule has 0 aromatic carbocycles. The van der Waals surface area contributed by atoms with E-state index in [2.05, 4.69) is 35.3 Å². The summed E-state index contributed by atoms with van der Waals surface area (Å²) in [4.78, 5) is 4.34. The Labute approximate surface area is 106 Å². The van der Waals surface area contributed by atoms with Gasteiger partial charge in [0, 0.05) is 24.3 Å². The van der Waals surface area contributed by atoms with Gasteiger partial charge in [-0.3, -0.25) is 0 Å². The van der Waals surface area contributed by atoms with Crippen LogP contribution in [0.2, 0.25) is 0 Å². The zero-order chi connectivity index (χ0) is 12.4. The molecular weight excluding hydrogens is 236 g/mol. The van der Waals surface area contributed by atoms with Gasteiger partial charge in [-0.15, -0.1) is 11.6 Å². The fraction of sp³-hybridized carbons (Fsp3) is 0.500. The molecular formula is C12H17ClN4. The molecule has 17 heavy (non-hydrogen) atoms. The number of aromatic nitrogens is 3. The van der Waals surface area contributed by atoms with E-state index in [1.165, 1.54) is 0 Å². The number of hydrogen-bond acceptors (Lipinski definition) is 3. The summed E-state index contributed by atoms with van der Waals surface area (Å²) in [5.74, 6) is 1.79. The molecule has 0 spiro atoms. The zero-order valence-corrected chi connectivity index (χ0v) is 11.1. The normalized spacial score (nSPS) is 13.2. The SMILES string of the molecule is CC(CCl)Nc1nccn2nc(C(C)C)cc12. The Kier molecular flexibility index (Phi) is 3.52. The van der Waals surface area contributed by atoms with Gasteiger partial charge in [-0.1, -0.05) is 13.8 Å². The zero-order valence-electron chi connectivity index (χ0n) is 10.3. The first-order valence-electron chi connectivity index (χ1n) is 5.78. The first-order chi connectivity index (χ1) is 8.11. The van der Waals surface area contributed by atoms with Gasteiger partial charge in [0.25, 0.3) is 0 Å². The van der Waals surface area contributed by atoms with Crippen molar-refractivity contribution >= 4 is 22.9 Å². The highest BCUT2D eigenvalue weighted by Gasteiger charge is 2.10. The Morgan fingerprint density at radius 1 is 1.41 bits per heavy atom. The molecule has 92 valence electrons. The van der Waals surface area contributed by atoms with Gasteiger partial charge in [0.05, 0.1) is 5.69 Å². The Balaban J connectivity index is 2.42. The molecule has 2 rings (SSSR count). The lowest BCUT2D eigenvalue weighted by Gasteiger charge is -2.11. The summed E-state index contributed by atoms with van der Waals surface area (Å²) in [7, 11) is 0. The molecule has 2 aromatic heterocycles. The molecule has 0 aliphatic heterocycles. The lowest BCUT2D eigenvalue weighted by Crippen LogP contribution is -2.17. The number of nitrogens with one attached hydrogen (secondary N) is 1. The third-order valence-corrected chi connectivity index (χ3v) is 3.08. The molecule has 1 atom stereocenters. The smallest absolute Gasteiger partial charge is 0.152 e. The maximum absolute atomic E-state index is 5.80. The van der Waals surface area contributed by atoms with Crippen molar-refractivity contribution in [3.8, 4) is 0 Å². The summed E-state index contributed by atoms with van der Waals surface area (Å²) in [5, 5.41) is 7.79. The minimum atomic E-state index is 0.188. The Hall–Kier alpha value is -1.29. The number of fused-ring (bicyclic) bond motifs is 1. The summed E-state index contributed by atoms with van der Waals surface area (Å²) in [6.45, 7) is 6.28. The predicted molar refractivity (Wildman–Crippen MR) is 70.9 cm³/mol. The second-order valence-corrected chi connectivity index (χ2v) is 4.84. The van der Waals surface area contributed by atoms with Crippen LogP contribution in [0.4, 0.5) is 5.82 Å². The van der Waals surface area contributed by atoms with Gasteiger partial charge >= 0.3 is 0 Å². The van der Waals surface area contributed by atoms with E-state index in [-0.39, 0.29) is 6.04 Å². The van der Waals surface area contributed by atoms with E-state index in [0.717, 1.165) is 17.0 Å². The number of nitrogens with zero attached hydrogens (tertiary/aromatic N) is 3. The van der Waals surface area contributed by atoms with Crippen molar-refractivity contribution in [1.82, 2.24) is 14.6 Å². The van der Waals surface area contributed by atoms with E-state index < -0.39 is 0 Å². The number of hydrogen-bond donors (Lipinski definition) is 1. The highest BCUT2D eigenvalue weighted by atomic mass is 35.5. The van der Waals surface area contributed by atoms with Crippen LogP contribution in [0.15, 0.2) is 18.5 Å². The highest BCUT2D eigenvalue weighted by molar-refractivity contribution is 6.18. The van der Waals surface area contributed by atoms with Crippen molar-refractivity contribution in [2.75, 3.05) is 11.2 Å². The second-order valence-electron chi connectivity index (χ2n) is 4.53. The summed E-state index contributed by atoms with van der Waals surface area (Å²) < 4.78 is 1.85. The fourth-order valence-corrected chi connectivity index (χ4v) is 1.68. The second kappa shape index (κ2) is 4.92. The fourth-order valence-electron chi connectivity index (χ4n) is 1.61. The van der Waals surface area contributed by atoms with Crippen LogP contribution < -0.4 is 5.32 Å². The van der Waals surface area contributed by atoms with Crippen molar-refractivity contribution in [3.05, 3.63) is 24.2 Å². The summed E-state index contributed by atoms with van der Waals surface area (Å²) >= 11 is 5.80. The van der Waals surface area contributed by atoms with Gasteiger partial charge in [0.1, 0.15) is 5.52 Å². The predicted octanol–water partition coefficient (Wildman–Crippen LogP) is 2.89. The van der Waals surface area contributed by atoms with Crippen molar-refractivity contribution in [2.45, 2.75) is 32.7 Å². The van der Waals surface area contributed by atoms with Crippen molar-refractivity contribution in [3.63, 3.8) is 0 Å². The Bertz CT molecular complexity index is 506. The van der Waals surface area contributed by atoms with Crippen LogP contribution in [0.3, 0.4) is 0 Å². The molecule has 0 amide bonds. The molecule has 0 aliphatic rings. The van der Waals surface area contributed by atoms with E-state index in [1.54, 1.807) is 6.20 Å². The lowest BCUT2D eigenvalue weighted by molar-refractivity contribution is 0.786. The lowest BCUT2D eigenvalue weighted by atomic mass is 10.1. The van der Waals surface area contributed by atoms with Crippen LogP contribution in [0, 0.1) is 0 Å². The monoisotopic (exact) mass is 252 g/mol. The van der Waals surface area contributed by atoms with Crippen LogP contribution in [-0.4, -0.2) is 26.5 Å². The van der Waals surface area contributed by atoms with E-state index in [9.17, 15) is 0 Å². The average Bonchev–Trinajstić information content (AvgIpc) is 2.74. The van der Waals surface area contributed by atoms with Gasteiger partial charge in [-0.2, -0.15) is 5.10 Å². The van der Waals surface area contributed by atoms with Gasteiger partial charge < -0.3 is 5.32 Å². The molecule has 1 unspecified atom stereocenters. The van der Waals surface area contributed by atoms with E-state index in [4.69, 9.17) is 11.6 Å². The maximum atomic E-state index is 5.80. The molecule has 5 heteroatoms. The van der Waals surface area contributed by atoms with Gasteiger partial charge in [0.2, 0.25) is 0 Å². The third kappa shape index (κ3) is 2.52. The topological polar surface area (TPSA) is 42.2 Å². The Morgan fingerprint density at radius 2 is 2.18 bits per heavy atom. The molecule has 0 bridgehead atoms. The summed E-state index contributed by atoms with van der Waals surface area (Å²) in [6.07, 6.45) is 3.60. The number of alkyl halides is 1. The number of halogens is 1. The third-order valence-electron chi connectivity index (χ3n) is 2.61. The van der Waals surface area contributed by atoms with Crippen LogP contribution in [0.25, 0.3) is 5.52 Å². The van der Waals surface area contributed by atoms with Crippen LogP contribution >= 0.6 is 11.6 Å².